The van der Waals surface area contributed by atoms with Crippen LogP contribution in [0.5, 0.6) is 0 Å². The van der Waals surface area contributed by atoms with Crippen molar-refractivity contribution in [1.29, 1.82) is 0 Å². The van der Waals surface area contributed by atoms with Crippen molar-refractivity contribution in [2.75, 3.05) is 6.54 Å². The fraction of sp³-hybridized carbons (Fsp3) is 0.263. The maximum absolute atomic E-state index is 15.9. The first kappa shape index (κ1) is 39.6. The van der Waals surface area contributed by atoms with E-state index in [1.54, 1.807) is 0 Å². The van der Waals surface area contributed by atoms with Crippen LogP contribution in [0.4, 0.5) is 22.0 Å². The molecule has 54 heavy (non-hydrogen) atoms. The Morgan fingerprint density at radius 3 is 2.22 bits per heavy atom. The Labute approximate surface area is 307 Å². The summed E-state index contributed by atoms with van der Waals surface area (Å²) in [5, 5.41) is 6.88. The zero-order valence-electron chi connectivity index (χ0n) is 29.2. The summed E-state index contributed by atoms with van der Waals surface area (Å²) in [5.41, 5.74) is -3.45. The molecule has 4 aromatic carbocycles. The second kappa shape index (κ2) is 16.6. The van der Waals surface area contributed by atoms with Crippen molar-refractivity contribution in [3.63, 3.8) is 0 Å². The molecule has 0 aliphatic heterocycles. The van der Waals surface area contributed by atoms with Crippen molar-refractivity contribution in [1.82, 2.24) is 24.4 Å². The van der Waals surface area contributed by atoms with Crippen LogP contribution in [0.2, 0.25) is 0 Å². The minimum atomic E-state index is -4.91. The lowest BCUT2D eigenvalue weighted by Crippen LogP contribution is -2.31. The first-order valence-corrected chi connectivity index (χ1v) is 18.5. The molecule has 0 aliphatic carbocycles. The number of benzene rings is 4. The molecule has 0 spiro atoms. The molecule has 0 saturated carbocycles. The SMILES string of the molecule is CCCCNC(=O)c1ccc(C(F)(F)F)c(-n2nc(CCCC)n(Cc3ccc(-c4ccccc4S(=O)(=O)NC(=O)c4ccccc4F)cc3F)c2=O)c1. The zero-order valence-corrected chi connectivity index (χ0v) is 30.0. The molecule has 1 aromatic heterocycles. The molecule has 0 bridgehead atoms. The van der Waals surface area contributed by atoms with Crippen molar-refractivity contribution in [3.05, 3.63) is 135 Å². The van der Waals surface area contributed by atoms with Crippen LogP contribution in [0, 0.1) is 11.6 Å². The van der Waals surface area contributed by atoms with E-state index in [1.165, 1.54) is 48.5 Å². The number of hydrogen-bond donors (Lipinski definition) is 2. The van der Waals surface area contributed by atoms with Gasteiger partial charge in [0.15, 0.2) is 0 Å². The number of aromatic nitrogens is 3. The molecule has 0 atom stereocenters. The normalized spacial score (nSPS) is 11.8. The fourth-order valence-corrected chi connectivity index (χ4v) is 6.87. The monoisotopic (exact) mass is 769 g/mol. The number of rotatable bonds is 14. The van der Waals surface area contributed by atoms with Gasteiger partial charge in [-0.05, 0) is 60.9 Å². The van der Waals surface area contributed by atoms with E-state index < -0.39 is 73.6 Å². The molecule has 0 saturated heterocycles. The highest BCUT2D eigenvalue weighted by Crippen LogP contribution is 2.34. The van der Waals surface area contributed by atoms with Crippen LogP contribution in [0.25, 0.3) is 16.8 Å². The van der Waals surface area contributed by atoms with Gasteiger partial charge in [0.1, 0.15) is 17.5 Å². The van der Waals surface area contributed by atoms with Crippen molar-refractivity contribution >= 4 is 21.8 Å². The lowest BCUT2D eigenvalue weighted by atomic mass is 10.0. The van der Waals surface area contributed by atoms with E-state index in [-0.39, 0.29) is 34.5 Å². The molecule has 10 nitrogen and oxygen atoms in total. The quantitative estimate of drug-likeness (QED) is 0.0921. The summed E-state index contributed by atoms with van der Waals surface area (Å²) in [6, 6.07) is 16.6. The van der Waals surface area contributed by atoms with E-state index in [2.05, 4.69) is 10.4 Å². The maximum Gasteiger partial charge on any atom is 0.418 e. The standard InChI is InChI=1S/C38H36F5N5O5S/c1-3-5-15-34-45-48(32-22-25(35(49)44-20-6-4-2)18-19-29(32)38(41,42)43)37(51)47(34)23-26-17-16-24(21-31(26)40)27-11-8-10-14-33(27)54(52,53)46-36(50)28-12-7-9-13-30(28)39/h7-14,16-19,21-22H,3-6,15,20,23H2,1-2H3,(H,44,49)(H,46,50). The minimum Gasteiger partial charge on any atom is -0.352 e. The maximum atomic E-state index is 15.9. The van der Waals surface area contributed by atoms with Crippen molar-refractivity contribution in [2.24, 2.45) is 0 Å². The number of halogens is 5. The topological polar surface area (TPSA) is 132 Å². The number of hydrogen-bond acceptors (Lipinski definition) is 6. The Bertz CT molecular complexity index is 2360. The Balaban J connectivity index is 1.51. The molecule has 2 amide bonds. The molecule has 284 valence electrons. The Morgan fingerprint density at radius 2 is 1.54 bits per heavy atom. The number of aryl methyl sites for hydroxylation is 1. The van der Waals surface area contributed by atoms with Crippen molar-refractivity contribution in [3.8, 4) is 16.8 Å². The third-order valence-corrected chi connectivity index (χ3v) is 9.91. The molecule has 5 rings (SSSR count). The highest BCUT2D eigenvalue weighted by molar-refractivity contribution is 7.90. The first-order valence-electron chi connectivity index (χ1n) is 17.0. The van der Waals surface area contributed by atoms with E-state index >= 15 is 4.39 Å². The lowest BCUT2D eigenvalue weighted by Gasteiger charge is -2.14. The van der Waals surface area contributed by atoms with Crippen LogP contribution in [-0.4, -0.2) is 41.1 Å². The number of nitrogens with zero attached hydrogens (tertiary/aromatic N) is 3. The van der Waals surface area contributed by atoms with Gasteiger partial charge in [0.2, 0.25) is 0 Å². The molecule has 0 fully saturated rings. The number of nitrogens with one attached hydrogen (secondary N) is 2. The van der Waals surface area contributed by atoms with Crippen LogP contribution in [0.1, 0.15) is 77.2 Å². The second-order valence-electron chi connectivity index (χ2n) is 12.4. The van der Waals surface area contributed by atoms with Gasteiger partial charge in [0, 0.05) is 29.7 Å². The van der Waals surface area contributed by atoms with Crippen LogP contribution < -0.4 is 15.7 Å². The molecular formula is C38H36F5N5O5S. The highest BCUT2D eigenvalue weighted by Gasteiger charge is 2.36. The highest BCUT2D eigenvalue weighted by atomic mass is 32.2. The zero-order chi connectivity index (χ0) is 39.2. The summed E-state index contributed by atoms with van der Waals surface area (Å²) in [5.74, 6) is -3.56. The summed E-state index contributed by atoms with van der Waals surface area (Å²) in [7, 11) is -4.60. The van der Waals surface area contributed by atoms with Gasteiger partial charge < -0.3 is 5.32 Å². The van der Waals surface area contributed by atoms with Gasteiger partial charge in [-0.2, -0.15) is 17.9 Å². The fourth-order valence-electron chi connectivity index (χ4n) is 5.67. The summed E-state index contributed by atoms with van der Waals surface area (Å²) < 4.78 is 103. The Hall–Kier alpha value is -5.64. The third-order valence-electron chi connectivity index (χ3n) is 8.52. The number of sulfonamides is 1. The molecule has 0 aliphatic rings. The number of carbonyl (C=O) groups excluding carboxylic acids is 2. The molecule has 2 N–H and O–H groups in total. The van der Waals surface area contributed by atoms with Gasteiger partial charge in [-0.3, -0.25) is 14.2 Å². The summed E-state index contributed by atoms with van der Waals surface area (Å²) in [4.78, 5) is 38.8. The van der Waals surface area contributed by atoms with Gasteiger partial charge in [0.25, 0.3) is 21.8 Å². The van der Waals surface area contributed by atoms with E-state index in [0.717, 1.165) is 41.3 Å². The van der Waals surface area contributed by atoms with Crippen LogP contribution in [-0.2, 0) is 29.2 Å². The molecular weight excluding hydrogens is 734 g/mol. The summed E-state index contributed by atoms with van der Waals surface area (Å²) in [6.07, 6.45) is -2.16. The van der Waals surface area contributed by atoms with E-state index in [0.29, 0.717) is 36.6 Å². The Kier molecular flexibility index (Phi) is 12.1. The molecule has 5 aromatic rings. The van der Waals surface area contributed by atoms with Gasteiger partial charge in [-0.15, -0.1) is 5.10 Å². The van der Waals surface area contributed by atoms with Gasteiger partial charge in [-0.25, -0.2) is 26.7 Å². The third kappa shape index (κ3) is 8.76. The molecule has 1 heterocycles. The van der Waals surface area contributed by atoms with Crippen LogP contribution in [0.3, 0.4) is 0 Å². The van der Waals surface area contributed by atoms with Gasteiger partial charge in [0.05, 0.1) is 28.3 Å². The predicted molar refractivity (Wildman–Crippen MR) is 191 cm³/mol. The van der Waals surface area contributed by atoms with Gasteiger partial charge >= 0.3 is 11.9 Å². The average molecular weight is 770 g/mol. The van der Waals surface area contributed by atoms with Crippen molar-refractivity contribution < 1.29 is 40.0 Å². The van der Waals surface area contributed by atoms with Crippen molar-refractivity contribution in [2.45, 2.75) is 63.6 Å². The second-order valence-corrected chi connectivity index (χ2v) is 14.0. The van der Waals surface area contributed by atoms with E-state index in [1.807, 2.05) is 18.6 Å². The molecule has 0 unspecified atom stereocenters. The summed E-state index contributed by atoms with van der Waals surface area (Å²) in [6.45, 7) is 3.64. The first-order chi connectivity index (χ1) is 25.7. The predicted octanol–water partition coefficient (Wildman–Crippen LogP) is 7.04. The lowest BCUT2D eigenvalue weighted by molar-refractivity contribution is -0.137. The van der Waals surface area contributed by atoms with Gasteiger partial charge in [-0.1, -0.05) is 69.2 Å². The number of amides is 2. The average Bonchev–Trinajstić information content (AvgIpc) is 3.44. The minimum absolute atomic E-state index is 0.00342. The van der Waals surface area contributed by atoms with Crippen LogP contribution in [0.15, 0.2) is 94.6 Å². The smallest absolute Gasteiger partial charge is 0.352 e. The van der Waals surface area contributed by atoms with E-state index in [9.17, 15) is 40.4 Å². The number of unbranched alkanes of at least 4 members (excludes halogenated alkanes) is 2. The largest absolute Gasteiger partial charge is 0.418 e. The number of alkyl halides is 3. The Morgan fingerprint density at radius 1 is 0.833 bits per heavy atom. The molecule has 16 heteroatoms. The van der Waals surface area contributed by atoms with Crippen LogP contribution >= 0.6 is 0 Å². The number of carbonyl (C=O) groups is 2. The molecule has 0 radical (unpaired) electrons. The summed E-state index contributed by atoms with van der Waals surface area (Å²) >= 11 is 0. The van der Waals surface area contributed by atoms with E-state index in [4.69, 9.17) is 0 Å².